The molecule has 0 aromatic heterocycles. The van der Waals surface area contributed by atoms with Crippen molar-refractivity contribution in [3.8, 4) is 0 Å². The number of carboxylic acids is 1. The molecule has 0 saturated heterocycles. The summed E-state index contributed by atoms with van der Waals surface area (Å²) in [6.07, 6.45) is 1.70. The van der Waals surface area contributed by atoms with Crippen molar-refractivity contribution in [2.75, 3.05) is 13.6 Å². The van der Waals surface area contributed by atoms with Crippen LogP contribution in [0.15, 0.2) is 18.2 Å². The fourth-order valence-corrected chi connectivity index (χ4v) is 1.88. The first-order chi connectivity index (χ1) is 9.40. The van der Waals surface area contributed by atoms with E-state index in [1.807, 2.05) is 0 Å². The van der Waals surface area contributed by atoms with Crippen LogP contribution in [0.4, 0.5) is 4.39 Å². The van der Waals surface area contributed by atoms with E-state index in [-0.39, 0.29) is 24.7 Å². The van der Waals surface area contributed by atoms with E-state index in [9.17, 15) is 14.0 Å². The zero-order valence-electron chi connectivity index (χ0n) is 11.9. The topological polar surface area (TPSA) is 57.6 Å². The van der Waals surface area contributed by atoms with Crippen LogP contribution in [-0.4, -0.2) is 35.5 Å². The number of carboxylic acid groups (broad SMARTS) is 1. The first-order valence-corrected chi connectivity index (χ1v) is 6.61. The van der Waals surface area contributed by atoms with Crippen LogP contribution in [0.25, 0.3) is 0 Å². The summed E-state index contributed by atoms with van der Waals surface area (Å²) in [4.78, 5) is 23.6. The highest BCUT2D eigenvalue weighted by atomic mass is 19.1. The molecule has 20 heavy (non-hydrogen) atoms. The van der Waals surface area contributed by atoms with Crippen molar-refractivity contribution in [3.05, 3.63) is 35.1 Å². The molecule has 0 aliphatic carbocycles. The van der Waals surface area contributed by atoms with Gasteiger partial charge in [-0.3, -0.25) is 9.59 Å². The Bertz CT molecular complexity index is 488. The van der Waals surface area contributed by atoms with Crippen LogP contribution in [-0.2, 0) is 16.0 Å². The molecule has 0 fully saturated rings. The minimum Gasteiger partial charge on any atom is -0.481 e. The second-order valence-corrected chi connectivity index (χ2v) is 4.90. The molecule has 0 aliphatic rings. The lowest BCUT2D eigenvalue weighted by Crippen LogP contribution is -2.28. The summed E-state index contributed by atoms with van der Waals surface area (Å²) >= 11 is 0. The lowest BCUT2D eigenvalue weighted by molar-refractivity contribution is -0.138. The molecule has 0 heterocycles. The fourth-order valence-electron chi connectivity index (χ4n) is 1.88. The average Bonchev–Trinajstić information content (AvgIpc) is 2.39. The Kier molecular flexibility index (Phi) is 6.15. The maximum Gasteiger partial charge on any atom is 0.305 e. The smallest absolute Gasteiger partial charge is 0.305 e. The second kappa shape index (κ2) is 7.62. The SMILES string of the molecule is Cc1cc(CCCC(=O)N(C)CCC(=O)O)ccc1F. The average molecular weight is 281 g/mol. The zero-order chi connectivity index (χ0) is 15.1. The van der Waals surface area contributed by atoms with E-state index < -0.39 is 5.97 Å². The standard InChI is InChI=1S/C15H20FNO3/c1-11-10-12(6-7-13(11)16)4-3-5-14(18)17(2)9-8-15(19)20/h6-7,10H,3-5,8-9H2,1-2H3,(H,19,20). The molecule has 4 nitrogen and oxygen atoms in total. The van der Waals surface area contributed by atoms with Crippen LogP contribution in [0.3, 0.4) is 0 Å². The normalized spacial score (nSPS) is 10.3. The predicted octanol–water partition coefficient (Wildman–Crippen LogP) is 2.39. The molecule has 1 rings (SSSR count). The number of carbonyl (C=O) groups excluding carboxylic acids is 1. The van der Waals surface area contributed by atoms with Crippen molar-refractivity contribution < 1.29 is 19.1 Å². The van der Waals surface area contributed by atoms with E-state index in [1.165, 1.54) is 11.0 Å². The third-order valence-electron chi connectivity index (χ3n) is 3.17. The van der Waals surface area contributed by atoms with E-state index in [4.69, 9.17) is 5.11 Å². The summed E-state index contributed by atoms with van der Waals surface area (Å²) < 4.78 is 13.1. The number of rotatable bonds is 7. The van der Waals surface area contributed by atoms with Crippen LogP contribution >= 0.6 is 0 Å². The molecule has 1 aromatic rings. The van der Waals surface area contributed by atoms with Gasteiger partial charge in [0.05, 0.1) is 6.42 Å². The quantitative estimate of drug-likeness (QED) is 0.835. The van der Waals surface area contributed by atoms with E-state index in [0.29, 0.717) is 24.8 Å². The highest BCUT2D eigenvalue weighted by Gasteiger charge is 2.10. The van der Waals surface area contributed by atoms with Crippen molar-refractivity contribution in [2.24, 2.45) is 0 Å². The monoisotopic (exact) mass is 281 g/mol. The van der Waals surface area contributed by atoms with E-state index in [2.05, 4.69) is 0 Å². The maximum absolute atomic E-state index is 13.1. The third-order valence-corrected chi connectivity index (χ3v) is 3.17. The number of benzene rings is 1. The number of hydrogen-bond donors (Lipinski definition) is 1. The van der Waals surface area contributed by atoms with Gasteiger partial charge in [-0.05, 0) is 37.0 Å². The predicted molar refractivity (Wildman–Crippen MR) is 74.0 cm³/mol. The van der Waals surface area contributed by atoms with Crippen molar-refractivity contribution in [1.29, 1.82) is 0 Å². The second-order valence-electron chi connectivity index (χ2n) is 4.90. The third kappa shape index (κ3) is 5.38. The van der Waals surface area contributed by atoms with Gasteiger partial charge in [-0.25, -0.2) is 4.39 Å². The number of amides is 1. The van der Waals surface area contributed by atoms with Gasteiger partial charge in [0.2, 0.25) is 5.91 Å². The Hall–Kier alpha value is -1.91. The molecule has 0 saturated carbocycles. The number of aliphatic carboxylic acids is 1. The lowest BCUT2D eigenvalue weighted by Gasteiger charge is -2.15. The summed E-state index contributed by atoms with van der Waals surface area (Å²) in [6, 6.07) is 4.94. The molecule has 110 valence electrons. The van der Waals surface area contributed by atoms with Gasteiger partial charge in [-0.15, -0.1) is 0 Å². The largest absolute Gasteiger partial charge is 0.481 e. The Morgan fingerprint density at radius 1 is 1.30 bits per heavy atom. The Balaban J connectivity index is 2.34. The zero-order valence-corrected chi connectivity index (χ0v) is 11.9. The van der Waals surface area contributed by atoms with Crippen LogP contribution in [0.5, 0.6) is 0 Å². The number of carbonyl (C=O) groups is 2. The number of nitrogens with zero attached hydrogens (tertiary/aromatic N) is 1. The summed E-state index contributed by atoms with van der Waals surface area (Å²) in [5.74, 6) is -1.20. The van der Waals surface area contributed by atoms with Crippen molar-refractivity contribution >= 4 is 11.9 Å². The number of aryl methyl sites for hydroxylation is 2. The summed E-state index contributed by atoms with van der Waals surface area (Å²) in [5, 5.41) is 8.55. The van der Waals surface area contributed by atoms with Gasteiger partial charge in [0.15, 0.2) is 0 Å². The van der Waals surface area contributed by atoms with E-state index >= 15 is 0 Å². The molecule has 1 N–H and O–H groups in total. The highest BCUT2D eigenvalue weighted by molar-refractivity contribution is 5.76. The molecule has 0 atom stereocenters. The first-order valence-electron chi connectivity index (χ1n) is 6.61. The minimum absolute atomic E-state index is 0.0423. The molecule has 1 amide bonds. The summed E-state index contributed by atoms with van der Waals surface area (Å²) in [5.41, 5.74) is 1.61. The Morgan fingerprint density at radius 2 is 2.00 bits per heavy atom. The van der Waals surface area contributed by atoms with Gasteiger partial charge in [0.25, 0.3) is 0 Å². The fraction of sp³-hybridized carbons (Fsp3) is 0.467. The number of hydrogen-bond acceptors (Lipinski definition) is 2. The van der Waals surface area contributed by atoms with Gasteiger partial charge < -0.3 is 10.0 Å². The number of halogens is 1. The summed E-state index contributed by atoms with van der Waals surface area (Å²) in [6.45, 7) is 1.94. The molecule has 0 bridgehead atoms. The van der Waals surface area contributed by atoms with Gasteiger partial charge in [-0.2, -0.15) is 0 Å². The Morgan fingerprint density at radius 3 is 2.60 bits per heavy atom. The van der Waals surface area contributed by atoms with Crippen LogP contribution in [0.2, 0.25) is 0 Å². The summed E-state index contributed by atoms with van der Waals surface area (Å²) in [7, 11) is 1.60. The molecule has 0 spiro atoms. The molecule has 0 aliphatic heterocycles. The van der Waals surface area contributed by atoms with Crippen LogP contribution < -0.4 is 0 Å². The van der Waals surface area contributed by atoms with Crippen molar-refractivity contribution in [3.63, 3.8) is 0 Å². The molecule has 5 heteroatoms. The van der Waals surface area contributed by atoms with Crippen LogP contribution in [0, 0.1) is 12.7 Å². The molecule has 1 aromatic carbocycles. The molecular weight excluding hydrogens is 261 g/mol. The highest BCUT2D eigenvalue weighted by Crippen LogP contribution is 2.12. The van der Waals surface area contributed by atoms with Gasteiger partial charge in [0.1, 0.15) is 5.82 Å². The minimum atomic E-state index is -0.911. The van der Waals surface area contributed by atoms with E-state index in [1.54, 1.807) is 26.1 Å². The van der Waals surface area contributed by atoms with Crippen molar-refractivity contribution in [1.82, 2.24) is 4.90 Å². The molecular formula is C15H20FNO3. The maximum atomic E-state index is 13.1. The van der Waals surface area contributed by atoms with E-state index in [0.717, 1.165) is 5.56 Å². The van der Waals surface area contributed by atoms with Gasteiger partial charge >= 0.3 is 5.97 Å². The first kappa shape index (κ1) is 16.1. The van der Waals surface area contributed by atoms with Crippen LogP contribution in [0.1, 0.15) is 30.4 Å². The van der Waals surface area contributed by atoms with Crippen molar-refractivity contribution in [2.45, 2.75) is 32.6 Å². The Labute approximate surface area is 118 Å². The molecule has 0 radical (unpaired) electrons. The lowest BCUT2D eigenvalue weighted by atomic mass is 10.1. The molecule has 0 unspecified atom stereocenters. The van der Waals surface area contributed by atoms with Gasteiger partial charge in [0, 0.05) is 20.0 Å². The van der Waals surface area contributed by atoms with Gasteiger partial charge in [-0.1, -0.05) is 12.1 Å².